The van der Waals surface area contributed by atoms with Gasteiger partial charge in [0, 0.05) is 18.6 Å². The molecule has 3 rings (SSSR count). The number of hydrogen-bond acceptors (Lipinski definition) is 4. The second-order valence-corrected chi connectivity index (χ2v) is 5.27. The molecule has 0 aliphatic heterocycles. The van der Waals surface area contributed by atoms with Gasteiger partial charge in [-0.1, -0.05) is 23.2 Å². The van der Waals surface area contributed by atoms with Crippen molar-refractivity contribution in [1.82, 2.24) is 9.97 Å². The molecule has 0 amide bonds. The summed E-state index contributed by atoms with van der Waals surface area (Å²) in [6.07, 6.45) is 4.43. The Morgan fingerprint density at radius 1 is 1.14 bits per heavy atom. The van der Waals surface area contributed by atoms with Crippen LogP contribution in [-0.2, 0) is 0 Å². The summed E-state index contributed by atoms with van der Waals surface area (Å²) in [5, 5.41) is 11.2. The Balaban J connectivity index is 2.21. The highest BCUT2D eigenvalue weighted by Gasteiger charge is 2.15. The number of pyridine rings is 2. The zero-order valence-electron chi connectivity index (χ0n) is 11.0. The molecule has 2 heterocycles. The first-order valence-electron chi connectivity index (χ1n) is 6.25. The van der Waals surface area contributed by atoms with Gasteiger partial charge in [-0.2, -0.15) is 0 Å². The number of rotatable bonds is 2. The minimum absolute atomic E-state index is 0.00785. The summed E-state index contributed by atoms with van der Waals surface area (Å²) in [5.74, 6) is -0.260. The van der Waals surface area contributed by atoms with Gasteiger partial charge in [-0.15, -0.1) is 0 Å². The largest absolute Gasteiger partial charge is 0.506 e. The molecule has 0 saturated heterocycles. The number of aliphatic imine (C=N–C) groups is 1. The summed E-state index contributed by atoms with van der Waals surface area (Å²) >= 11 is 12.1. The van der Waals surface area contributed by atoms with Crippen molar-refractivity contribution in [3.8, 4) is 5.75 Å². The normalized spacial score (nSPS) is 11.4. The highest BCUT2D eigenvalue weighted by atomic mass is 35.5. The lowest BCUT2D eigenvalue weighted by molar-refractivity contribution is 0.479. The molecule has 0 bridgehead atoms. The summed E-state index contributed by atoms with van der Waals surface area (Å²) in [4.78, 5) is 22.7. The molecular weight excluding hydrogens is 325 g/mol. The van der Waals surface area contributed by atoms with Gasteiger partial charge in [0.25, 0.3) is 5.56 Å². The van der Waals surface area contributed by atoms with Crippen molar-refractivity contribution in [2.45, 2.75) is 0 Å². The minimum Gasteiger partial charge on any atom is -0.506 e. The van der Waals surface area contributed by atoms with Crippen molar-refractivity contribution in [3.05, 3.63) is 62.6 Å². The predicted octanol–water partition coefficient (Wildman–Crippen LogP) is 3.69. The van der Waals surface area contributed by atoms with Crippen LogP contribution in [0.25, 0.3) is 10.9 Å². The molecule has 1 aromatic carbocycles. The van der Waals surface area contributed by atoms with E-state index in [4.69, 9.17) is 23.2 Å². The number of H-pyrrole nitrogens is 1. The predicted molar refractivity (Wildman–Crippen MR) is 87.7 cm³/mol. The number of fused-ring (bicyclic) bond motifs is 1. The van der Waals surface area contributed by atoms with Crippen LogP contribution in [-0.4, -0.2) is 21.3 Å². The van der Waals surface area contributed by atoms with Crippen LogP contribution in [0.3, 0.4) is 0 Å². The lowest BCUT2D eigenvalue weighted by Gasteiger charge is -2.07. The number of aromatic amines is 1. The Labute approximate surface area is 134 Å². The van der Waals surface area contributed by atoms with Crippen molar-refractivity contribution in [2.75, 3.05) is 0 Å². The van der Waals surface area contributed by atoms with Gasteiger partial charge in [-0.25, -0.2) is 0 Å². The van der Waals surface area contributed by atoms with Crippen LogP contribution in [0, 0.1) is 0 Å². The van der Waals surface area contributed by atoms with Crippen LogP contribution in [0.5, 0.6) is 5.75 Å². The highest BCUT2D eigenvalue weighted by Crippen LogP contribution is 2.34. The van der Waals surface area contributed by atoms with Crippen LogP contribution in [0.15, 0.2) is 46.4 Å². The van der Waals surface area contributed by atoms with E-state index < -0.39 is 5.56 Å². The average Bonchev–Trinajstić information content (AvgIpc) is 2.51. The molecule has 0 aliphatic carbocycles. The Morgan fingerprint density at radius 3 is 2.55 bits per heavy atom. The zero-order valence-corrected chi connectivity index (χ0v) is 12.6. The molecule has 0 aliphatic rings. The van der Waals surface area contributed by atoms with Crippen LogP contribution in [0.1, 0.15) is 5.56 Å². The smallest absolute Gasteiger partial charge is 0.261 e. The quantitative estimate of drug-likeness (QED) is 0.702. The molecule has 7 heteroatoms. The molecular formula is C15H9Cl2N3O2. The topological polar surface area (TPSA) is 78.3 Å². The fourth-order valence-corrected chi connectivity index (χ4v) is 2.47. The van der Waals surface area contributed by atoms with E-state index in [0.717, 1.165) is 0 Å². The molecule has 2 aromatic heterocycles. The first-order chi connectivity index (χ1) is 10.6. The van der Waals surface area contributed by atoms with Gasteiger partial charge >= 0.3 is 0 Å². The van der Waals surface area contributed by atoms with Crippen LogP contribution in [0.2, 0.25) is 10.0 Å². The zero-order chi connectivity index (χ0) is 15.7. The summed E-state index contributed by atoms with van der Waals surface area (Å²) in [5.41, 5.74) is 0.393. The first-order valence-corrected chi connectivity index (χ1v) is 7.00. The third kappa shape index (κ3) is 2.56. The van der Waals surface area contributed by atoms with Gasteiger partial charge in [0.2, 0.25) is 0 Å². The molecule has 0 radical (unpaired) electrons. The van der Waals surface area contributed by atoms with Crippen molar-refractivity contribution < 1.29 is 5.11 Å². The van der Waals surface area contributed by atoms with Crippen molar-refractivity contribution >= 4 is 46.0 Å². The van der Waals surface area contributed by atoms with E-state index in [-0.39, 0.29) is 27.2 Å². The number of aromatic hydroxyl groups is 1. The number of hydrogen-bond donors (Lipinski definition) is 2. The highest BCUT2D eigenvalue weighted by molar-refractivity contribution is 6.40. The van der Waals surface area contributed by atoms with E-state index in [1.54, 1.807) is 36.7 Å². The van der Waals surface area contributed by atoms with Gasteiger partial charge in [0.1, 0.15) is 11.3 Å². The van der Waals surface area contributed by atoms with Gasteiger partial charge < -0.3 is 10.1 Å². The Hall–Kier alpha value is -2.37. The molecule has 110 valence electrons. The number of nitrogens with zero attached hydrogens (tertiary/aromatic N) is 2. The Morgan fingerprint density at radius 2 is 1.82 bits per heavy atom. The second-order valence-electron chi connectivity index (χ2n) is 4.46. The maximum atomic E-state index is 12.1. The third-order valence-corrected chi connectivity index (χ3v) is 3.71. The Kier molecular flexibility index (Phi) is 3.83. The van der Waals surface area contributed by atoms with Crippen LogP contribution < -0.4 is 5.56 Å². The Bertz CT molecular complexity index is 937. The third-order valence-electron chi connectivity index (χ3n) is 3.08. The van der Waals surface area contributed by atoms with E-state index in [1.807, 2.05) is 0 Å². The van der Waals surface area contributed by atoms with E-state index in [1.165, 1.54) is 6.21 Å². The van der Waals surface area contributed by atoms with Gasteiger partial charge in [0.05, 0.1) is 26.6 Å². The summed E-state index contributed by atoms with van der Waals surface area (Å²) in [7, 11) is 0. The molecule has 0 saturated carbocycles. The first kappa shape index (κ1) is 14.6. The summed E-state index contributed by atoms with van der Waals surface area (Å²) < 4.78 is 0. The molecule has 0 spiro atoms. The van der Waals surface area contributed by atoms with Gasteiger partial charge in [-0.05, 0) is 24.3 Å². The van der Waals surface area contributed by atoms with Crippen molar-refractivity contribution in [1.29, 1.82) is 0 Å². The molecule has 0 atom stereocenters. The molecule has 3 aromatic rings. The standard InChI is InChI=1S/C15H9Cl2N3O2/c16-10-1-2-11(17)13-12(10)14(21)9(15(22)20-13)7-19-8-3-5-18-6-4-8/h1-7H,(H2,20,21,22). The number of aromatic nitrogens is 2. The number of benzene rings is 1. The molecule has 0 unspecified atom stereocenters. The minimum atomic E-state index is -0.507. The molecule has 2 N–H and O–H groups in total. The van der Waals surface area contributed by atoms with Crippen molar-refractivity contribution in [3.63, 3.8) is 0 Å². The fourth-order valence-electron chi connectivity index (χ4n) is 2.02. The molecule has 5 nitrogen and oxygen atoms in total. The van der Waals surface area contributed by atoms with Gasteiger partial charge in [-0.3, -0.25) is 14.8 Å². The van der Waals surface area contributed by atoms with Gasteiger partial charge in [0.15, 0.2) is 0 Å². The molecule has 0 fully saturated rings. The van der Waals surface area contributed by atoms with E-state index in [0.29, 0.717) is 10.7 Å². The maximum Gasteiger partial charge on any atom is 0.261 e. The lowest BCUT2D eigenvalue weighted by Crippen LogP contribution is -2.12. The molecule has 22 heavy (non-hydrogen) atoms. The fraction of sp³-hybridized carbons (Fsp3) is 0. The van der Waals surface area contributed by atoms with E-state index >= 15 is 0 Å². The SMILES string of the molecule is O=c1[nH]c2c(Cl)ccc(Cl)c2c(O)c1C=Nc1ccncc1. The maximum absolute atomic E-state index is 12.1. The monoisotopic (exact) mass is 333 g/mol. The lowest BCUT2D eigenvalue weighted by atomic mass is 10.1. The summed E-state index contributed by atoms with van der Waals surface area (Å²) in [6.45, 7) is 0. The van der Waals surface area contributed by atoms with Crippen molar-refractivity contribution in [2.24, 2.45) is 4.99 Å². The summed E-state index contributed by atoms with van der Waals surface area (Å²) in [6, 6.07) is 6.44. The average molecular weight is 334 g/mol. The van der Waals surface area contributed by atoms with E-state index in [2.05, 4.69) is 15.0 Å². The number of halogens is 2. The van der Waals surface area contributed by atoms with Crippen LogP contribution >= 0.6 is 23.2 Å². The van der Waals surface area contributed by atoms with Crippen LogP contribution in [0.4, 0.5) is 5.69 Å². The second kappa shape index (κ2) is 5.79. The van der Waals surface area contributed by atoms with E-state index in [9.17, 15) is 9.90 Å². The number of nitrogens with one attached hydrogen (secondary N) is 1.